The Balaban J connectivity index is 1.59. The molecule has 4 rings (SSSR count). The molecule has 1 N–H and O–H groups in total. The van der Waals surface area contributed by atoms with Crippen molar-refractivity contribution in [1.29, 1.82) is 0 Å². The quantitative estimate of drug-likeness (QED) is 0.592. The molecule has 0 saturated carbocycles. The van der Waals surface area contributed by atoms with Crippen LogP contribution in [0.2, 0.25) is 0 Å². The van der Waals surface area contributed by atoms with E-state index in [0.29, 0.717) is 24.5 Å². The molecule has 27 heavy (non-hydrogen) atoms. The van der Waals surface area contributed by atoms with Crippen LogP contribution in [0.15, 0.2) is 73.1 Å². The number of pyridine rings is 2. The molecule has 6 heteroatoms. The number of rotatable bonds is 5. The third-order valence-electron chi connectivity index (χ3n) is 4.26. The minimum atomic E-state index is -0.310. The number of benzene rings is 1. The summed E-state index contributed by atoms with van der Waals surface area (Å²) in [4.78, 5) is 21.4. The molecule has 134 valence electrons. The molecule has 1 amide bonds. The first-order valence-electron chi connectivity index (χ1n) is 8.63. The fourth-order valence-electron chi connectivity index (χ4n) is 2.95. The summed E-state index contributed by atoms with van der Waals surface area (Å²) in [7, 11) is 0. The fraction of sp³-hybridized carbons (Fsp3) is 0.0952. The molecule has 3 aromatic heterocycles. The summed E-state index contributed by atoms with van der Waals surface area (Å²) in [6.45, 7) is 0.462. The van der Waals surface area contributed by atoms with Crippen LogP contribution >= 0.6 is 0 Å². The minimum absolute atomic E-state index is 0.263. The third-order valence-corrected chi connectivity index (χ3v) is 4.26. The van der Waals surface area contributed by atoms with E-state index in [1.165, 1.54) is 12.1 Å². The first-order valence-corrected chi connectivity index (χ1v) is 8.63. The van der Waals surface area contributed by atoms with E-state index in [9.17, 15) is 9.18 Å². The summed E-state index contributed by atoms with van der Waals surface area (Å²) >= 11 is 0. The predicted octanol–water partition coefficient (Wildman–Crippen LogP) is 3.51. The van der Waals surface area contributed by atoms with Crippen LogP contribution in [0, 0.1) is 5.82 Å². The van der Waals surface area contributed by atoms with Crippen molar-refractivity contribution in [1.82, 2.24) is 19.7 Å². The molecule has 3 heterocycles. The van der Waals surface area contributed by atoms with Crippen molar-refractivity contribution in [3.63, 3.8) is 0 Å². The molecule has 0 unspecified atom stereocenters. The molecule has 0 aliphatic rings. The number of halogens is 1. The number of carbonyl (C=O) groups is 1. The summed E-state index contributed by atoms with van der Waals surface area (Å²) < 4.78 is 15.0. The highest BCUT2D eigenvalue weighted by atomic mass is 19.1. The van der Waals surface area contributed by atoms with Gasteiger partial charge in [0.1, 0.15) is 5.82 Å². The lowest BCUT2D eigenvalue weighted by atomic mass is 10.1. The molecule has 0 fully saturated rings. The molecule has 0 spiro atoms. The maximum Gasteiger partial charge on any atom is 0.287 e. The highest BCUT2D eigenvalue weighted by Gasteiger charge is 2.17. The Morgan fingerprint density at radius 1 is 1.04 bits per heavy atom. The topological polar surface area (TPSA) is 59.3 Å². The Labute approximate surface area is 155 Å². The molecular weight excluding hydrogens is 343 g/mol. The fourth-order valence-corrected chi connectivity index (χ4v) is 2.95. The lowest BCUT2D eigenvalue weighted by molar-refractivity contribution is 0.0943. The number of hydrogen-bond acceptors (Lipinski definition) is 3. The van der Waals surface area contributed by atoms with Crippen LogP contribution in [0.5, 0.6) is 0 Å². The van der Waals surface area contributed by atoms with Gasteiger partial charge in [-0.3, -0.25) is 14.2 Å². The van der Waals surface area contributed by atoms with Gasteiger partial charge in [0.25, 0.3) is 5.91 Å². The van der Waals surface area contributed by atoms with Crippen molar-refractivity contribution < 1.29 is 9.18 Å². The first kappa shape index (κ1) is 16.9. The first-order chi connectivity index (χ1) is 13.2. The lowest BCUT2D eigenvalue weighted by Gasteiger charge is -2.04. The molecule has 4 aromatic rings. The average Bonchev–Trinajstić information content (AvgIpc) is 3.09. The molecule has 0 saturated heterocycles. The summed E-state index contributed by atoms with van der Waals surface area (Å²) in [5.41, 5.74) is 3.11. The van der Waals surface area contributed by atoms with Crippen LogP contribution < -0.4 is 5.32 Å². The van der Waals surface area contributed by atoms with Crippen LogP contribution in [0.4, 0.5) is 4.39 Å². The van der Waals surface area contributed by atoms with Crippen molar-refractivity contribution in [2.75, 3.05) is 6.54 Å². The number of nitrogens with one attached hydrogen (secondary N) is 1. The van der Waals surface area contributed by atoms with Crippen molar-refractivity contribution in [3.8, 4) is 11.3 Å². The van der Waals surface area contributed by atoms with Gasteiger partial charge in [-0.25, -0.2) is 9.37 Å². The maximum atomic E-state index is 13.2. The highest BCUT2D eigenvalue weighted by Crippen LogP contribution is 2.25. The van der Waals surface area contributed by atoms with Gasteiger partial charge in [0.05, 0.1) is 11.2 Å². The van der Waals surface area contributed by atoms with Crippen molar-refractivity contribution >= 4 is 11.4 Å². The maximum absolute atomic E-state index is 13.2. The smallest absolute Gasteiger partial charge is 0.287 e. The number of amides is 1. The van der Waals surface area contributed by atoms with Gasteiger partial charge < -0.3 is 5.32 Å². The highest BCUT2D eigenvalue weighted by molar-refractivity contribution is 5.94. The predicted molar refractivity (Wildman–Crippen MR) is 101 cm³/mol. The molecule has 1 aromatic carbocycles. The minimum Gasteiger partial charge on any atom is -0.349 e. The zero-order valence-corrected chi connectivity index (χ0v) is 14.5. The molecule has 0 radical (unpaired) electrons. The van der Waals surface area contributed by atoms with E-state index in [4.69, 9.17) is 0 Å². The second-order valence-corrected chi connectivity index (χ2v) is 6.07. The molecule has 5 nitrogen and oxygen atoms in total. The monoisotopic (exact) mass is 360 g/mol. The number of imidazole rings is 1. The van der Waals surface area contributed by atoms with Gasteiger partial charge in [0.15, 0.2) is 0 Å². The van der Waals surface area contributed by atoms with Crippen LogP contribution in [-0.2, 0) is 6.42 Å². The van der Waals surface area contributed by atoms with Gasteiger partial charge in [0.2, 0.25) is 5.82 Å². The second kappa shape index (κ2) is 7.37. The summed E-state index contributed by atoms with van der Waals surface area (Å²) in [5, 5.41) is 2.89. The molecule has 0 aliphatic carbocycles. The molecular formula is C21H17FN4O. The number of fused-ring (bicyclic) bond motifs is 1. The van der Waals surface area contributed by atoms with Crippen molar-refractivity contribution in [3.05, 3.63) is 90.4 Å². The largest absolute Gasteiger partial charge is 0.349 e. The lowest BCUT2D eigenvalue weighted by Crippen LogP contribution is -2.27. The van der Waals surface area contributed by atoms with Crippen LogP contribution in [-0.4, -0.2) is 26.8 Å². The number of carbonyl (C=O) groups excluding carboxylic acids is 1. The molecule has 0 bridgehead atoms. The zero-order valence-electron chi connectivity index (χ0n) is 14.5. The van der Waals surface area contributed by atoms with Gasteiger partial charge in [-0.05, 0) is 48.5 Å². The Morgan fingerprint density at radius 3 is 2.63 bits per heavy atom. The Bertz CT molecular complexity index is 1070. The molecule has 0 aliphatic heterocycles. The Kier molecular flexibility index (Phi) is 4.61. The number of hydrogen-bond donors (Lipinski definition) is 1. The van der Waals surface area contributed by atoms with E-state index in [1.54, 1.807) is 28.9 Å². The van der Waals surface area contributed by atoms with E-state index < -0.39 is 0 Å². The number of nitrogens with zero attached hydrogens (tertiary/aromatic N) is 3. The van der Waals surface area contributed by atoms with Gasteiger partial charge in [-0.15, -0.1) is 0 Å². The van der Waals surface area contributed by atoms with Crippen LogP contribution in [0.25, 0.3) is 16.8 Å². The van der Waals surface area contributed by atoms with E-state index in [1.807, 2.05) is 36.4 Å². The summed E-state index contributed by atoms with van der Waals surface area (Å²) in [5.74, 6) is -0.277. The van der Waals surface area contributed by atoms with E-state index in [-0.39, 0.29) is 11.7 Å². The normalized spacial score (nSPS) is 10.9. The summed E-state index contributed by atoms with van der Waals surface area (Å²) in [6, 6.07) is 17.4. The van der Waals surface area contributed by atoms with Crippen LogP contribution in [0.1, 0.15) is 16.3 Å². The SMILES string of the molecule is O=C(NCCc1ccccn1)c1nc(-c2ccc(F)cc2)c2ccccn12. The second-order valence-electron chi connectivity index (χ2n) is 6.07. The van der Waals surface area contributed by atoms with Gasteiger partial charge in [0, 0.05) is 36.6 Å². The zero-order chi connectivity index (χ0) is 18.6. The summed E-state index contributed by atoms with van der Waals surface area (Å²) in [6.07, 6.45) is 4.16. The van der Waals surface area contributed by atoms with E-state index in [0.717, 1.165) is 16.8 Å². The Morgan fingerprint density at radius 2 is 1.85 bits per heavy atom. The van der Waals surface area contributed by atoms with Crippen molar-refractivity contribution in [2.24, 2.45) is 0 Å². The van der Waals surface area contributed by atoms with E-state index in [2.05, 4.69) is 15.3 Å². The van der Waals surface area contributed by atoms with Gasteiger partial charge in [-0.1, -0.05) is 12.1 Å². The van der Waals surface area contributed by atoms with E-state index >= 15 is 0 Å². The van der Waals surface area contributed by atoms with Crippen molar-refractivity contribution in [2.45, 2.75) is 6.42 Å². The molecule has 0 atom stereocenters. The van der Waals surface area contributed by atoms with Gasteiger partial charge >= 0.3 is 0 Å². The average molecular weight is 360 g/mol. The number of aromatic nitrogens is 3. The standard InChI is InChI=1S/C21H17FN4O/c22-16-9-7-15(8-10-16)19-18-6-2-4-14-26(18)20(25-19)21(27)24-13-11-17-5-1-3-12-23-17/h1-10,12,14H,11,13H2,(H,24,27). The van der Waals surface area contributed by atoms with Crippen LogP contribution in [0.3, 0.4) is 0 Å². The Hall–Kier alpha value is -3.54. The van der Waals surface area contributed by atoms with Gasteiger partial charge in [-0.2, -0.15) is 0 Å². The third kappa shape index (κ3) is 3.55.